The van der Waals surface area contributed by atoms with Gasteiger partial charge >= 0.3 is 0 Å². The Morgan fingerprint density at radius 1 is 1.77 bits per heavy atom. The SMILES string of the molecule is C#CC(NC)c1cc(OC)n(C)n1. The maximum absolute atomic E-state index is 5.31. The number of ether oxygens (including phenoxy) is 1. The van der Waals surface area contributed by atoms with Crippen LogP contribution in [0.1, 0.15) is 11.7 Å². The zero-order chi connectivity index (χ0) is 9.84. The number of rotatable bonds is 3. The van der Waals surface area contributed by atoms with Gasteiger partial charge in [-0.3, -0.25) is 0 Å². The predicted molar refractivity (Wildman–Crippen MR) is 50.4 cm³/mol. The summed E-state index contributed by atoms with van der Waals surface area (Å²) in [5.41, 5.74) is 0.796. The van der Waals surface area contributed by atoms with E-state index in [1.807, 2.05) is 13.1 Å². The first-order valence-electron chi connectivity index (χ1n) is 3.94. The number of terminal acetylenes is 1. The number of hydrogen-bond acceptors (Lipinski definition) is 3. The van der Waals surface area contributed by atoms with Gasteiger partial charge in [-0.2, -0.15) is 5.10 Å². The molecule has 4 heteroatoms. The number of hydrogen-bond donors (Lipinski definition) is 1. The molecule has 0 amide bonds. The van der Waals surface area contributed by atoms with Crippen LogP contribution >= 0.6 is 0 Å². The lowest BCUT2D eigenvalue weighted by Gasteiger charge is -2.03. The Hall–Kier alpha value is -1.47. The van der Waals surface area contributed by atoms with E-state index in [0.717, 1.165) is 5.69 Å². The molecular weight excluding hydrogens is 166 g/mol. The number of nitrogens with one attached hydrogen (secondary N) is 1. The molecule has 1 heterocycles. The molecule has 0 fully saturated rings. The summed E-state index contributed by atoms with van der Waals surface area (Å²) in [5, 5.41) is 7.18. The van der Waals surface area contributed by atoms with E-state index in [2.05, 4.69) is 16.3 Å². The van der Waals surface area contributed by atoms with Crippen LogP contribution in [0.4, 0.5) is 0 Å². The van der Waals surface area contributed by atoms with Crippen LogP contribution in [-0.4, -0.2) is 23.9 Å². The first-order chi connectivity index (χ1) is 6.22. The van der Waals surface area contributed by atoms with Crippen LogP contribution in [0.3, 0.4) is 0 Å². The first-order valence-corrected chi connectivity index (χ1v) is 3.94. The zero-order valence-electron chi connectivity index (χ0n) is 8.03. The van der Waals surface area contributed by atoms with Gasteiger partial charge in [-0.15, -0.1) is 6.42 Å². The van der Waals surface area contributed by atoms with Gasteiger partial charge in [-0.05, 0) is 7.05 Å². The molecule has 1 unspecified atom stereocenters. The fourth-order valence-electron chi connectivity index (χ4n) is 1.12. The first kappa shape index (κ1) is 9.62. The van der Waals surface area contributed by atoms with Crippen molar-refractivity contribution in [1.82, 2.24) is 15.1 Å². The molecular formula is C9H13N3O. The predicted octanol–water partition coefficient (Wildman–Crippen LogP) is 0.322. The lowest BCUT2D eigenvalue weighted by atomic mass is 10.2. The number of methoxy groups -OCH3 is 1. The molecule has 0 spiro atoms. The number of aromatic nitrogens is 2. The lowest BCUT2D eigenvalue weighted by molar-refractivity contribution is 0.373. The van der Waals surface area contributed by atoms with Crippen LogP contribution in [0.15, 0.2) is 6.07 Å². The molecule has 1 atom stereocenters. The molecule has 0 radical (unpaired) electrons. The van der Waals surface area contributed by atoms with Crippen LogP contribution in [0.2, 0.25) is 0 Å². The van der Waals surface area contributed by atoms with Crippen molar-refractivity contribution >= 4 is 0 Å². The maximum Gasteiger partial charge on any atom is 0.211 e. The smallest absolute Gasteiger partial charge is 0.211 e. The van der Waals surface area contributed by atoms with Crippen LogP contribution in [-0.2, 0) is 7.05 Å². The molecule has 0 aromatic carbocycles. The maximum atomic E-state index is 5.31. The van der Waals surface area contributed by atoms with Crippen LogP contribution in [0, 0.1) is 12.3 Å². The molecule has 0 aliphatic rings. The van der Waals surface area contributed by atoms with E-state index in [1.165, 1.54) is 0 Å². The highest BCUT2D eigenvalue weighted by atomic mass is 16.5. The van der Waals surface area contributed by atoms with E-state index in [9.17, 15) is 0 Å². The van der Waals surface area contributed by atoms with Gasteiger partial charge in [0, 0.05) is 13.1 Å². The molecule has 0 aliphatic carbocycles. The Bertz CT molecular complexity index is 324. The van der Waals surface area contributed by atoms with Gasteiger partial charge in [0.2, 0.25) is 5.88 Å². The molecule has 0 bridgehead atoms. The second-order valence-corrected chi connectivity index (χ2v) is 2.62. The van der Waals surface area contributed by atoms with Crippen LogP contribution < -0.4 is 10.1 Å². The van der Waals surface area contributed by atoms with Crippen LogP contribution in [0.5, 0.6) is 5.88 Å². The van der Waals surface area contributed by atoms with Gasteiger partial charge in [0.05, 0.1) is 12.8 Å². The van der Waals surface area contributed by atoms with E-state index in [4.69, 9.17) is 11.2 Å². The molecule has 1 aromatic rings. The van der Waals surface area contributed by atoms with Gasteiger partial charge < -0.3 is 10.1 Å². The van der Waals surface area contributed by atoms with Crippen LogP contribution in [0.25, 0.3) is 0 Å². The van der Waals surface area contributed by atoms with Crippen molar-refractivity contribution in [2.24, 2.45) is 7.05 Å². The molecule has 1 rings (SSSR count). The highest BCUT2D eigenvalue weighted by Gasteiger charge is 2.11. The highest BCUT2D eigenvalue weighted by Crippen LogP contribution is 2.16. The minimum atomic E-state index is -0.157. The van der Waals surface area contributed by atoms with E-state index < -0.39 is 0 Å². The summed E-state index contributed by atoms with van der Waals surface area (Å²) in [6.45, 7) is 0. The quantitative estimate of drug-likeness (QED) is 0.679. The van der Waals surface area contributed by atoms with E-state index in [1.54, 1.807) is 18.8 Å². The van der Waals surface area contributed by atoms with Gasteiger partial charge in [0.1, 0.15) is 6.04 Å². The summed E-state index contributed by atoms with van der Waals surface area (Å²) >= 11 is 0. The van der Waals surface area contributed by atoms with Gasteiger partial charge in [0.15, 0.2) is 0 Å². The Kier molecular flexibility index (Phi) is 2.93. The monoisotopic (exact) mass is 179 g/mol. The summed E-state index contributed by atoms with van der Waals surface area (Å²) in [6, 6.07) is 1.66. The molecule has 70 valence electrons. The molecule has 1 N–H and O–H groups in total. The molecule has 4 nitrogen and oxygen atoms in total. The Morgan fingerprint density at radius 2 is 2.46 bits per heavy atom. The molecule has 0 aliphatic heterocycles. The third-order valence-corrected chi connectivity index (χ3v) is 1.82. The van der Waals surface area contributed by atoms with Crippen molar-refractivity contribution in [1.29, 1.82) is 0 Å². The average Bonchev–Trinajstić information content (AvgIpc) is 2.49. The van der Waals surface area contributed by atoms with Crippen molar-refractivity contribution in [2.45, 2.75) is 6.04 Å². The lowest BCUT2D eigenvalue weighted by Crippen LogP contribution is -2.14. The van der Waals surface area contributed by atoms with Crippen molar-refractivity contribution in [2.75, 3.05) is 14.2 Å². The van der Waals surface area contributed by atoms with Crippen molar-refractivity contribution in [3.05, 3.63) is 11.8 Å². The summed E-state index contributed by atoms with van der Waals surface area (Å²) < 4.78 is 6.72. The summed E-state index contributed by atoms with van der Waals surface area (Å²) in [5.74, 6) is 3.29. The minimum absolute atomic E-state index is 0.157. The molecule has 0 saturated carbocycles. The fourth-order valence-corrected chi connectivity index (χ4v) is 1.12. The summed E-state index contributed by atoms with van der Waals surface area (Å²) in [7, 11) is 5.21. The second-order valence-electron chi connectivity index (χ2n) is 2.62. The molecule has 0 saturated heterocycles. The average molecular weight is 179 g/mol. The number of nitrogens with zero attached hydrogens (tertiary/aromatic N) is 2. The van der Waals surface area contributed by atoms with Crippen molar-refractivity contribution < 1.29 is 4.74 Å². The molecule has 1 aromatic heterocycles. The van der Waals surface area contributed by atoms with Crippen molar-refractivity contribution in [3.63, 3.8) is 0 Å². The largest absolute Gasteiger partial charge is 0.481 e. The Balaban J connectivity index is 2.96. The fraction of sp³-hybridized carbons (Fsp3) is 0.444. The van der Waals surface area contributed by atoms with Gasteiger partial charge in [-0.1, -0.05) is 5.92 Å². The number of aryl methyl sites for hydroxylation is 1. The highest BCUT2D eigenvalue weighted by molar-refractivity contribution is 5.23. The van der Waals surface area contributed by atoms with Gasteiger partial charge in [-0.25, -0.2) is 4.68 Å². The summed E-state index contributed by atoms with van der Waals surface area (Å²) in [6.07, 6.45) is 5.31. The minimum Gasteiger partial charge on any atom is -0.481 e. The second kappa shape index (κ2) is 3.97. The third kappa shape index (κ3) is 1.82. The van der Waals surface area contributed by atoms with E-state index >= 15 is 0 Å². The van der Waals surface area contributed by atoms with E-state index in [0.29, 0.717) is 5.88 Å². The van der Waals surface area contributed by atoms with Gasteiger partial charge in [0.25, 0.3) is 0 Å². The third-order valence-electron chi connectivity index (χ3n) is 1.82. The summed E-state index contributed by atoms with van der Waals surface area (Å²) in [4.78, 5) is 0. The zero-order valence-corrected chi connectivity index (χ0v) is 8.03. The topological polar surface area (TPSA) is 39.1 Å². The van der Waals surface area contributed by atoms with E-state index in [-0.39, 0.29) is 6.04 Å². The molecule has 13 heavy (non-hydrogen) atoms. The van der Waals surface area contributed by atoms with Crippen molar-refractivity contribution in [3.8, 4) is 18.2 Å². The Morgan fingerprint density at radius 3 is 2.85 bits per heavy atom. The Labute approximate surface area is 77.9 Å². The normalized spacial score (nSPS) is 12.2. The standard InChI is InChI=1S/C9H13N3O/c1-5-7(10-2)8-6-9(13-4)12(3)11-8/h1,6-7,10H,2-4H3.